The van der Waals surface area contributed by atoms with Crippen LogP contribution in [0.4, 0.5) is 4.39 Å². The summed E-state index contributed by atoms with van der Waals surface area (Å²) in [5.41, 5.74) is 0.788. The lowest BCUT2D eigenvalue weighted by Crippen LogP contribution is -2.36. The van der Waals surface area contributed by atoms with Gasteiger partial charge in [-0.05, 0) is 38.6 Å². The van der Waals surface area contributed by atoms with E-state index >= 15 is 0 Å². The molecule has 1 aromatic carbocycles. The Kier molecular flexibility index (Phi) is 4.54. The van der Waals surface area contributed by atoms with Gasteiger partial charge >= 0.3 is 0 Å². The minimum atomic E-state index is -0.116. The largest absolute Gasteiger partial charge is 0.318 e. The maximum absolute atomic E-state index is 13.7. The number of hydrogen-bond donors (Lipinski definition) is 1. The summed E-state index contributed by atoms with van der Waals surface area (Å²) in [6, 6.07) is 5.86. The molecule has 1 fully saturated rings. The van der Waals surface area contributed by atoms with Crippen molar-refractivity contribution in [3.8, 4) is 0 Å². The topological polar surface area (TPSA) is 15.3 Å². The van der Waals surface area contributed by atoms with E-state index < -0.39 is 0 Å². The summed E-state index contributed by atoms with van der Waals surface area (Å²) in [4.78, 5) is 2.36. The van der Waals surface area contributed by atoms with Crippen molar-refractivity contribution in [2.75, 3.05) is 20.1 Å². The average Bonchev–Trinajstić information content (AvgIpc) is 2.71. The second-order valence-corrected chi connectivity index (χ2v) is 5.48. The van der Waals surface area contributed by atoms with Gasteiger partial charge in [0.25, 0.3) is 0 Å². The van der Waals surface area contributed by atoms with E-state index in [1.54, 1.807) is 6.07 Å². The van der Waals surface area contributed by atoms with Crippen molar-refractivity contribution in [3.05, 3.63) is 34.1 Å². The molecule has 2 rings (SSSR count). The molecule has 0 amide bonds. The van der Waals surface area contributed by atoms with Crippen LogP contribution >= 0.6 is 15.9 Å². The summed E-state index contributed by atoms with van der Waals surface area (Å²) in [6.07, 6.45) is 2.42. The first-order chi connectivity index (χ1) is 8.20. The normalized spacial score (nSPS) is 21.0. The minimum absolute atomic E-state index is 0.116. The summed E-state index contributed by atoms with van der Waals surface area (Å²) < 4.78 is 14.5. The van der Waals surface area contributed by atoms with Gasteiger partial charge in [0.15, 0.2) is 0 Å². The molecule has 0 saturated carbocycles. The highest BCUT2D eigenvalue weighted by Crippen LogP contribution is 2.22. The fraction of sp³-hybridized carbons (Fsp3) is 0.538. The van der Waals surface area contributed by atoms with Crippen molar-refractivity contribution in [1.82, 2.24) is 10.2 Å². The molecule has 1 atom stereocenters. The summed E-state index contributed by atoms with van der Waals surface area (Å²) in [5, 5.41) is 3.21. The third-order valence-electron chi connectivity index (χ3n) is 3.33. The van der Waals surface area contributed by atoms with Crippen LogP contribution in [0.15, 0.2) is 22.7 Å². The molecule has 1 aliphatic heterocycles. The molecule has 1 unspecified atom stereocenters. The van der Waals surface area contributed by atoms with Gasteiger partial charge in [0, 0.05) is 29.2 Å². The highest BCUT2D eigenvalue weighted by Gasteiger charge is 2.24. The van der Waals surface area contributed by atoms with Crippen molar-refractivity contribution in [3.63, 3.8) is 0 Å². The van der Waals surface area contributed by atoms with E-state index in [1.807, 2.05) is 19.2 Å². The zero-order chi connectivity index (χ0) is 12.3. The van der Waals surface area contributed by atoms with Gasteiger partial charge in [0.1, 0.15) is 5.82 Å². The van der Waals surface area contributed by atoms with Gasteiger partial charge in [-0.15, -0.1) is 0 Å². The Morgan fingerprint density at radius 3 is 3.06 bits per heavy atom. The second-order valence-electron chi connectivity index (χ2n) is 4.56. The van der Waals surface area contributed by atoms with Crippen LogP contribution in [0.1, 0.15) is 18.4 Å². The molecule has 94 valence electrons. The van der Waals surface area contributed by atoms with Crippen LogP contribution in [-0.4, -0.2) is 31.1 Å². The molecule has 4 heteroatoms. The molecule has 1 heterocycles. The van der Waals surface area contributed by atoms with E-state index in [4.69, 9.17) is 0 Å². The van der Waals surface area contributed by atoms with Crippen LogP contribution in [0.5, 0.6) is 0 Å². The Bertz CT molecular complexity index is 384. The zero-order valence-electron chi connectivity index (χ0n) is 10.0. The highest BCUT2D eigenvalue weighted by atomic mass is 79.9. The summed E-state index contributed by atoms with van der Waals surface area (Å²) in [5.74, 6) is -0.116. The second kappa shape index (κ2) is 5.94. The van der Waals surface area contributed by atoms with Crippen molar-refractivity contribution >= 4 is 15.9 Å². The maximum atomic E-state index is 13.7. The van der Waals surface area contributed by atoms with Crippen molar-refractivity contribution in [2.24, 2.45) is 0 Å². The molecule has 1 aliphatic rings. The molecule has 0 bridgehead atoms. The summed E-state index contributed by atoms with van der Waals surface area (Å²) in [7, 11) is 1.97. The van der Waals surface area contributed by atoms with Gasteiger partial charge in [-0.2, -0.15) is 0 Å². The standard InChI is InChI=1S/C13H18BrFN2/c1-16-8-12-3-2-6-17(12)9-10-4-5-11(14)7-13(10)15/h4-5,7,12,16H,2-3,6,8-9H2,1H3. The van der Waals surface area contributed by atoms with Crippen LogP contribution in [-0.2, 0) is 6.54 Å². The monoisotopic (exact) mass is 300 g/mol. The fourth-order valence-corrected chi connectivity index (χ4v) is 2.77. The molecule has 17 heavy (non-hydrogen) atoms. The van der Waals surface area contributed by atoms with Gasteiger partial charge in [-0.3, -0.25) is 4.90 Å². The van der Waals surface area contributed by atoms with E-state index in [2.05, 4.69) is 26.1 Å². The van der Waals surface area contributed by atoms with Crippen molar-refractivity contribution < 1.29 is 4.39 Å². The van der Waals surface area contributed by atoms with E-state index in [0.717, 1.165) is 23.1 Å². The van der Waals surface area contributed by atoms with Gasteiger partial charge in [-0.25, -0.2) is 4.39 Å². The number of nitrogens with one attached hydrogen (secondary N) is 1. The quantitative estimate of drug-likeness (QED) is 0.920. The SMILES string of the molecule is CNCC1CCCN1Cc1ccc(Br)cc1F. The Balaban J connectivity index is 2.04. The summed E-state index contributed by atoms with van der Waals surface area (Å²) >= 11 is 3.28. The molecule has 1 N–H and O–H groups in total. The molecule has 0 aliphatic carbocycles. The molecule has 2 nitrogen and oxygen atoms in total. The van der Waals surface area contributed by atoms with Gasteiger partial charge < -0.3 is 5.32 Å². The van der Waals surface area contributed by atoms with Crippen molar-refractivity contribution in [2.45, 2.75) is 25.4 Å². The Hall–Kier alpha value is -0.450. The number of likely N-dealkylation sites (N-methyl/N-ethyl adjacent to an activating group) is 1. The molecule has 1 saturated heterocycles. The summed E-state index contributed by atoms with van der Waals surface area (Å²) in [6.45, 7) is 2.77. The van der Waals surface area contributed by atoms with E-state index in [1.165, 1.54) is 12.8 Å². The van der Waals surface area contributed by atoms with Crippen LogP contribution < -0.4 is 5.32 Å². The van der Waals surface area contributed by atoms with Gasteiger partial charge in [0.05, 0.1) is 0 Å². The van der Waals surface area contributed by atoms with Gasteiger partial charge in [-0.1, -0.05) is 22.0 Å². The third-order valence-corrected chi connectivity index (χ3v) is 3.82. The number of hydrogen-bond acceptors (Lipinski definition) is 2. The number of nitrogens with zero attached hydrogens (tertiary/aromatic N) is 1. The lowest BCUT2D eigenvalue weighted by molar-refractivity contribution is 0.239. The smallest absolute Gasteiger partial charge is 0.128 e. The molecular weight excluding hydrogens is 283 g/mol. The van der Waals surface area contributed by atoms with E-state index in [-0.39, 0.29) is 5.82 Å². The van der Waals surface area contributed by atoms with Crippen LogP contribution in [0.2, 0.25) is 0 Å². The zero-order valence-corrected chi connectivity index (χ0v) is 11.6. The highest BCUT2D eigenvalue weighted by molar-refractivity contribution is 9.10. The third kappa shape index (κ3) is 3.27. The van der Waals surface area contributed by atoms with Crippen molar-refractivity contribution in [1.29, 1.82) is 0 Å². The van der Waals surface area contributed by atoms with E-state index in [0.29, 0.717) is 12.6 Å². The lowest BCUT2D eigenvalue weighted by Gasteiger charge is -2.24. The van der Waals surface area contributed by atoms with Crippen LogP contribution in [0.25, 0.3) is 0 Å². The Morgan fingerprint density at radius 1 is 1.53 bits per heavy atom. The Labute approximate surface area is 110 Å². The number of benzene rings is 1. The van der Waals surface area contributed by atoms with Crippen LogP contribution in [0, 0.1) is 5.82 Å². The minimum Gasteiger partial charge on any atom is -0.318 e. The first-order valence-electron chi connectivity index (χ1n) is 6.03. The molecule has 0 aromatic heterocycles. The number of rotatable bonds is 4. The van der Waals surface area contributed by atoms with Crippen LogP contribution in [0.3, 0.4) is 0 Å². The fourth-order valence-electron chi connectivity index (χ4n) is 2.44. The first kappa shape index (κ1) is 13.0. The Morgan fingerprint density at radius 2 is 2.35 bits per heavy atom. The number of halogens is 2. The predicted molar refractivity (Wildman–Crippen MR) is 71.5 cm³/mol. The number of likely N-dealkylation sites (tertiary alicyclic amines) is 1. The lowest BCUT2D eigenvalue weighted by atomic mass is 10.1. The molecule has 0 spiro atoms. The molecule has 0 radical (unpaired) electrons. The average molecular weight is 301 g/mol. The maximum Gasteiger partial charge on any atom is 0.128 e. The van der Waals surface area contributed by atoms with E-state index in [9.17, 15) is 4.39 Å². The first-order valence-corrected chi connectivity index (χ1v) is 6.82. The molecule has 1 aromatic rings. The van der Waals surface area contributed by atoms with Gasteiger partial charge in [0.2, 0.25) is 0 Å². The molecular formula is C13H18BrFN2. The predicted octanol–water partition coefficient (Wildman–Crippen LogP) is 2.77.